The molecule has 3 N–H and O–H groups in total. The summed E-state index contributed by atoms with van der Waals surface area (Å²) in [6.07, 6.45) is -1.06. The lowest BCUT2D eigenvalue weighted by molar-refractivity contribution is -0.0782. The van der Waals surface area contributed by atoms with Gasteiger partial charge in [-0.25, -0.2) is 0 Å². The normalized spacial score (nSPS) is 11.2. The maximum absolute atomic E-state index is 9.81. The van der Waals surface area contributed by atoms with E-state index in [9.17, 15) is 5.11 Å². The molecule has 0 saturated carbocycles. The zero-order valence-corrected chi connectivity index (χ0v) is 14.1. The second-order valence-corrected chi connectivity index (χ2v) is 4.53. The van der Waals surface area contributed by atoms with E-state index in [0.29, 0.717) is 29.4 Å². The van der Waals surface area contributed by atoms with Gasteiger partial charge in [0.1, 0.15) is 18.1 Å². The molecule has 0 aromatic heterocycles. The molecule has 126 valence electrons. The first-order chi connectivity index (χ1) is 11.1. The van der Waals surface area contributed by atoms with E-state index >= 15 is 0 Å². The van der Waals surface area contributed by atoms with Crippen molar-refractivity contribution in [3.05, 3.63) is 53.6 Å². The third-order valence-electron chi connectivity index (χ3n) is 3.05. The molecular formula is C18H25NO4. The summed E-state index contributed by atoms with van der Waals surface area (Å²) < 4.78 is 15.8. The fraction of sp³-hybridized carbons (Fsp3) is 0.333. The van der Waals surface area contributed by atoms with Crippen molar-refractivity contribution < 1.29 is 19.3 Å². The number of benzene rings is 2. The van der Waals surface area contributed by atoms with Gasteiger partial charge in [-0.15, -0.1) is 0 Å². The maximum Gasteiger partial charge on any atom is 0.184 e. The molecule has 0 amide bonds. The molecule has 1 unspecified atom stereocenters. The Hall–Kier alpha value is -2.24. The molecule has 0 radical (unpaired) electrons. The summed E-state index contributed by atoms with van der Waals surface area (Å²) in [5.74, 6) is 1.16. The zero-order chi connectivity index (χ0) is 17.2. The minimum Gasteiger partial charge on any atom is -0.496 e. The molecule has 0 heterocycles. The molecule has 2 aromatic rings. The largest absolute Gasteiger partial charge is 0.496 e. The van der Waals surface area contributed by atoms with E-state index in [1.807, 2.05) is 38.1 Å². The van der Waals surface area contributed by atoms with Crippen molar-refractivity contribution in [1.82, 2.24) is 0 Å². The lowest BCUT2D eigenvalue weighted by Crippen LogP contribution is -2.04. The fourth-order valence-corrected chi connectivity index (χ4v) is 1.97. The van der Waals surface area contributed by atoms with Crippen molar-refractivity contribution in [2.45, 2.75) is 26.7 Å². The Kier molecular flexibility index (Phi) is 7.94. The van der Waals surface area contributed by atoms with Crippen LogP contribution in [0.3, 0.4) is 0 Å². The van der Waals surface area contributed by atoms with E-state index in [1.54, 1.807) is 18.2 Å². The number of nitrogen functional groups attached to an aromatic ring is 1. The number of rotatable bonds is 6. The van der Waals surface area contributed by atoms with Crippen LogP contribution in [0.1, 0.15) is 31.3 Å². The quantitative estimate of drug-likeness (QED) is 0.629. The van der Waals surface area contributed by atoms with E-state index in [4.69, 9.17) is 19.9 Å². The summed E-state index contributed by atoms with van der Waals surface area (Å²) >= 11 is 0. The Morgan fingerprint density at radius 2 is 1.83 bits per heavy atom. The van der Waals surface area contributed by atoms with Crippen molar-refractivity contribution in [3.8, 4) is 11.5 Å². The second-order valence-electron chi connectivity index (χ2n) is 4.53. The Balaban J connectivity index is 0.00000127. The van der Waals surface area contributed by atoms with Crippen LogP contribution in [-0.4, -0.2) is 19.3 Å². The SMILES string of the molecule is CC.COc1ccc(OCc2cccc(N)c2)cc1C(O)OC. The average molecular weight is 319 g/mol. The van der Waals surface area contributed by atoms with Gasteiger partial charge in [0.25, 0.3) is 0 Å². The van der Waals surface area contributed by atoms with Gasteiger partial charge in [0.05, 0.1) is 12.7 Å². The first-order valence-corrected chi connectivity index (χ1v) is 7.50. The molecular weight excluding hydrogens is 294 g/mol. The van der Waals surface area contributed by atoms with Gasteiger partial charge in [0.2, 0.25) is 0 Å². The number of ether oxygens (including phenoxy) is 3. The van der Waals surface area contributed by atoms with Crippen LogP contribution in [0.5, 0.6) is 11.5 Å². The van der Waals surface area contributed by atoms with E-state index in [1.165, 1.54) is 14.2 Å². The van der Waals surface area contributed by atoms with Crippen LogP contribution < -0.4 is 15.2 Å². The molecule has 0 aliphatic carbocycles. The van der Waals surface area contributed by atoms with E-state index < -0.39 is 6.29 Å². The molecule has 23 heavy (non-hydrogen) atoms. The van der Waals surface area contributed by atoms with E-state index in [2.05, 4.69) is 0 Å². The third-order valence-corrected chi connectivity index (χ3v) is 3.05. The number of nitrogens with two attached hydrogens (primary N) is 1. The number of aliphatic hydroxyl groups is 1. The predicted molar refractivity (Wildman–Crippen MR) is 91.5 cm³/mol. The number of methoxy groups -OCH3 is 2. The molecule has 2 aromatic carbocycles. The van der Waals surface area contributed by atoms with Gasteiger partial charge in [-0.2, -0.15) is 0 Å². The lowest BCUT2D eigenvalue weighted by atomic mass is 10.1. The van der Waals surface area contributed by atoms with Crippen molar-refractivity contribution in [1.29, 1.82) is 0 Å². The van der Waals surface area contributed by atoms with Crippen LogP contribution in [-0.2, 0) is 11.3 Å². The zero-order valence-electron chi connectivity index (χ0n) is 14.1. The van der Waals surface area contributed by atoms with Gasteiger partial charge in [0, 0.05) is 12.8 Å². The monoisotopic (exact) mass is 319 g/mol. The van der Waals surface area contributed by atoms with Crippen LogP contribution in [0.15, 0.2) is 42.5 Å². The molecule has 0 aliphatic rings. The number of hydrogen-bond donors (Lipinski definition) is 2. The van der Waals surface area contributed by atoms with Gasteiger partial charge >= 0.3 is 0 Å². The van der Waals surface area contributed by atoms with Gasteiger partial charge < -0.3 is 25.1 Å². The predicted octanol–water partition coefficient (Wildman–Crippen LogP) is 3.52. The number of aliphatic hydroxyl groups excluding tert-OH is 1. The number of hydrogen-bond acceptors (Lipinski definition) is 5. The first kappa shape index (κ1) is 18.8. The minimum absolute atomic E-state index is 0.389. The van der Waals surface area contributed by atoms with Gasteiger partial charge in [-0.05, 0) is 35.9 Å². The van der Waals surface area contributed by atoms with Crippen LogP contribution in [0.2, 0.25) is 0 Å². The number of anilines is 1. The van der Waals surface area contributed by atoms with Gasteiger partial charge in [-0.3, -0.25) is 0 Å². The standard InChI is InChI=1S/C16H19NO4.C2H6/c1-19-15-7-6-13(9-14(15)16(18)20-2)21-10-11-4-3-5-12(17)8-11;1-2/h3-9,16,18H,10,17H2,1-2H3;1-2H3. The van der Waals surface area contributed by atoms with Crippen molar-refractivity contribution >= 4 is 5.69 Å². The summed E-state index contributed by atoms with van der Waals surface area (Å²) in [7, 11) is 2.96. The highest BCUT2D eigenvalue weighted by molar-refractivity contribution is 5.42. The molecule has 5 heteroatoms. The topological polar surface area (TPSA) is 73.9 Å². The van der Waals surface area contributed by atoms with Crippen molar-refractivity contribution in [2.75, 3.05) is 20.0 Å². The highest BCUT2D eigenvalue weighted by atomic mass is 16.6. The van der Waals surface area contributed by atoms with Gasteiger partial charge in [0.15, 0.2) is 6.29 Å². The Morgan fingerprint density at radius 1 is 1.09 bits per heavy atom. The summed E-state index contributed by atoms with van der Waals surface area (Å²) in [6.45, 7) is 4.39. The molecule has 0 bridgehead atoms. The molecule has 0 fully saturated rings. The van der Waals surface area contributed by atoms with Crippen LogP contribution in [0.25, 0.3) is 0 Å². The van der Waals surface area contributed by atoms with E-state index in [0.717, 1.165) is 5.56 Å². The molecule has 2 rings (SSSR count). The first-order valence-electron chi connectivity index (χ1n) is 7.50. The summed E-state index contributed by atoms with van der Waals surface area (Å²) in [4.78, 5) is 0. The van der Waals surface area contributed by atoms with E-state index in [-0.39, 0.29) is 0 Å². The van der Waals surface area contributed by atoms with Gasteiger partial charge in [-0.1, -0.05) is 26.0 Å². The molecule has 1 atom stereocenters. The van der Waals surface area contributed by atoms with Crippen molar-refractivity contribution in [2.24, 2.45) is 0 Å². The summed E-state index contributed by atoms with van der Waals surface area (Å²) in [6, 6.07) is 12.7. The Morgan fingerprint density at radius 3 is 2.43 bits per heavy atom. The maximum atomic E-state index is 9.81. The Bertz CT molecular complexity index is 601. The second kappa shape index (κ2) is 9.71. The smallest absolute Gasteiger partial charge is 0.184 e. The van der Waals surface area contributed by atoms with Crippen LogP contribution in [0, 0.1) is 0 Å². The molecule has 5 nitrogen and oxygen atoms in total. The fourth-order valence-electron chi connectivity index (χ4n) is 1.97. The lowest BCUT2D eigenvalue weighted by Gasteiger charge is -2.15. The van der Waals surface area contributed by atoms with Crippen LogP contribution in [0.4, 0.5) is 5.69 Å². The molecule has 0 aliphatic heterocycles. The minimum atomic E-state index is -1.06. The highest BCUT2D eigenvalue weighted by Crippen LogP contribution is 2.30. The summed E-state index contributed by atoms with van der Waals surface area (Å²) in [5, 5.41) is 9.81. The third kappa shape index (κ3) is 5.47. The Labute approximate surface area is 137 Å². The van der Waals surface area contributed by atoms with Crippen LogP contribution >= 0.6 is 0 Å². The molecule has 0 spiro atoms. The average Bonchev–Trinajstić information content (AvgIpc) is 2.60. The van der Waals surface area contributed by atoms with Crippen molar-refractivity contribution in [3.63, 3.8) is 0 Å². The molecule has 0 saturated heterocycles. The highest BCUT2D eigenvalue weighted by Gasteiger charge is 2.13. The summed E-state index contributed by atoms with van der Waals surface area (Å²) in [5.41, 5.74) is 7.91.